The quantitative estimate of drug-likeness (QED) is 0.888. The van der Waals surface area contributed by atoms with Crippen molar-refractivity contribution in [1.29, 1.82) is 0 Å². The summed E-state index contributed by atoms with van der Waals surface area (Å²) < 4.78 is 5.29. The molecule has 19 heavy (non-hydrogen) atoms. The maximum absolute atomic E-state index is 5.76. The Morgan fingerprint density at radius 2 is 2.32 bits per heavy atom. The molecule has 4 heteroatoms. The average Bonchev–Trinajstić information content (AvgIpc) is 3.00. The normalized spacial score (nSPS) is 17.5. The first-order chi connectivity index (χ1) is 9.22. The zero-order valence-electron chi connectivity index (χ0n) is 11.4. The molecule has 3 N–H and O–H groups in total. The zero-order chi connectivity index (χ0) is 13.4. The smallest absolute Gasteiger partial charge is 0.137 e. The van der Waals surface area contributed by atoms with E-state index in [0.29, 0.717) is 12.5 Å². The number of hydrogen-bond donors (Lipinski definition) is 2. The third kappa shape index (κ3) is 2.02. The number of hydrogen-bond acceptors (Lipinski definition) is 3. The molecule has 1 aliphatic rings. The summed E-state index contributed by atoms with van der Waals surface area (Å²) in [5.74, 6) is 2.33. The number of methoxy groups -OCH3 is 1. The van der Waals surface area contributed by atoms with Gasteiger partial charge >= 0.3 is 0 Å². The first kappa shape index (κ1) is 12.2. The van der Waals surface area contributed by atoms with Gasteiger partial charge in [-0.3, -0.25) is 0 Å². The largest absolute Gasteiger partial charge is 0.496 e. The number of nitrogens with zero attached hydrogens (tertiary/aromatic N) is 1. The number of H-pyrrole nitrogens is 1. The summed E-state index contributed by atoms with van der Waals surface area (Å²) in [6, 6.07) is 6.03. The Bertz CT molecular complexity index is 603. The van der Waals surface area contributed by atoms with Crippen molar-refractivity contribution in [1.82, 2.24) is 9.97 Å². The molecule has 1 unspecified atom stereocenters. The van der Waals surface area contributed by atoms with E-state index >= 15 is 0 Å². The minimum atomic E-state index is 0.466. The lowest BCUT2D eigenvalue weighted by atomic mass is 10.1. The minimum absolute atomic E-state index is 0.466. The van der Waals surface area contributed by atoms with Crippen LogP contribution in [0.2, 0.25) is 0 Å². The van der Waals surface area contributed by atoms with E-state index in [4.69, 9.17) is 15.5 Å². The van der Waals surface area contributed by atoms with Gasteiger partial charge < -0.3 is 15.5 Å². The van der Waals surface area contributed by atoms with Crippen LogP contribution in [0.1, 0.15) is 36.2 Å². The summed E-state index contributed by atoms with van der Waals surface area (Å²) in [6.45, 7) is 2.70. The van der Waals surface area contributed by atoms with Crippen molar-refractivity contribution >= 4 is 0 Å². The van der Waals surface area contributed by atoms with Crippen molar-refractivity contribution in [2.45, 2.75) is 32.2 Å². The van der Waals surface area contributed by atoms with E-state index in [0.717, 1.165) is 29.1 Å². The van der Waals surface area contributed by atoms with Crippen LogP contribution in [0.5, 0.6) is 5.75 Å². The molecule has 0 radical (unpaired) electrons. The van der Waals surface area contributed by atoms with Crippen LogP contribution < -0.4 is 10.5 Å². The van der Waals surface area contributed by atoms with E-state index in [1.807, 2.05) is 12.1 Å². The van der Waals surface area contributed by atoms with Gasteiger partial charge in [-0.2, -0.15) is 0 Å². The van der Waals surface area contributed by atoms with Gasteiger partial charge in [0.25, 0.3) is 0 Å². The van der Waals surface area contributed by atoms with Crippen molar-refractivity contribution in [3.63, 3.8) is 0 Å². The Kier molecular flexibility index (Phi) is 3.03. The third-order valence-electron chi connectivity index (χ3n) is 3.88. The van der Waals surface area contributed by atoms with Crippen LogP contribution in [0, 0.1) is 0 Å². The van der Waals surface area contributed by atoms with Gasteiger partial charge in [-0.25, -0.2) is 4.98 Å². The van der Waals surface area contributed by atoms with Crippen molar-refractivity contribution in [2.75, 3.05) is 7.11 Å². The summed E-state index contributed by atoms with van der Waals surface area (Å²) in [6.07, 6.45) is 2.30. The molecule has 1 heterocycles. The van der Waals surface area contributed by atoms with Gasteiger partial charge in [0.1, 0.15) is 11.6 Å². The van der Waals surface area contributed by atoms with Crippen LogP contribution in [0.4, 0.5) is 0 Å². The minimum Gasteiger partial charge on any atom is -0.496 e. The van der Waals surface area contributed by atoms with Crippen LogP contribution >= 0.6 is 0 Å². The highest BCUT2D eigenvalue weighted by atomic mass is 16.5. The number of rotatable bonds is 3. The second-order valence-corrected chi connectivity index (χ2v) is 5.12. The lowest BCUT2D eigenvalue weighted by Gasteiger charge is -2.08. The fourth-order valence-electron chi connectivity index (χ4n) is 2.74. The molecular weight excluding hydrogens is 238 g/mol. The molecule has 0 spiro atoms. The van der Waals surface area contributed by atoms with E-state index in [9.17, 15) is 0 Å². The molecule has 100 valence electrons. The third-order valence-corrected chi connectivity index (χ3v) is 3.88. The van der Waals surface area contributed by atoms with Gasteiger partial charge in [-0.15, -0.1) is 0 Å². The van der Waals surface area contributed by atoms with Gasteiger partial charge in [0.2, 0.25) is 0 Å². The van der Waals surface area contributed by atoms with Gasteiger partial charge in [0.15, 0.2) is 0 Å². The fourth-order valence-corrected chi connectivity index (χ4v) is 2.74. The predicted octanol–water partition coefficient (Wildman–Crippen LogP) is 2.59. The van der Waals surface area contributed by atoms with Gasteiger partial charge in [0.05, 0.1) is 12.8 Å². The van der Waals surface area contributed by atoms with Crippen LogP contribution in [-0.2, 0) is 13.0 Å². The molecule has 0 aliphatic heterocycles. The highest BCUT2D eigenvalue weighted by molar-refractivity contribution is 5.60. The molecule has 0 fully saturated rings. The molecule has 4 nitrogen and oxygen atoms in total. The monoisotopic (exact) mass is 257 g/mol. The SMILES string of the molecule is COc1ccc(-c2nc3c([nH]2)CCC3C)cc1CN. The van der Waals surface area contributed by atoms with Crippen LogP contribution in [0.15, 0.2) is 18.2 Å². The number of imidazole rings is 1. The van der Waals surface area contributed by atoms with Crippen LogP contribution in [-0.4, -0.2) is 17.1 Å². The van der Waals surface area contributed by atoms with Crippen molar-refractivity contribution in [3.05, 3.63) is 35.2 Å². The number of aromatic amines is 1. The Balaban J connectivity index is 2.00. The summed E-state index contributed by atoms with van der Waals surface area (Å²) in [5, 5.41) is 0. The molecule has 0 saturated heterocycles. The number of nitrogens with two attached hydrogens (primary N) is 1. The Morgan fingerprint density at radius 3 is 3.00 bits per heavy atom. The highest BCUT2D eigenvalue weighted by Crippen LogP contribution is 2.33. The second kappa shape index (κ2) is 4.70. The number of aromatic nitrogens is 2. The standard InChI is InChI=1S/C15H19N3O/c1-9-3-5-12-14(9)18-15(17-12)10-4-6-13(19-2)11(7-10)8-16/h4,6-7,9H,3,5,8,16H2,1-2H3,(H,17,18). The number of ether oxygens (including phenoxy) is 1. The topological polar surface area (TPSA) is 63.9 Å². The van der Waals surface area contributed by atoms with E-state index in [2.05, 4.69) is 18.0 Å². The molecule has 2 aromatic rings. The molecule has 1 aliphatic carbocycles. The predicted molar refractivity (Wildman–Crippen MR) is 75.2 cm³/mol. The fraction of sp³-hybridized carbons (Fsp3) is 0.400. The number of aryl methyl sites for hydroxylation is 1. The molecular formula is C15H19N3O. The number of benzene rings is 1. The van der Waals surface area contributed by atoms with Gasteiger partial charge in [0, 0.05) is 29.3 Å². The van der Waals surface area contributed by atoms with E-state index in [-0.39, 0.29) is 0 Å². The van der Waals surface area contributed by atoms with Crippen molar-refractivity contribution in [2.24, 2.45) is 5.73 Å². The summed E-state index contributed by atoms with van der Waals surface area (Å²) in [7, 11) is 1.66. The molecule has 1 atom stereocenters. The summed E-state index contributed by atoms with van der Waals surface area (Å²) in [4.78, 5) is 8.17. The molecule has 3 rings (SSSR count). The molecule has 1 aromatic heterocycles. The zero-order valence-corrected chi connectivity index (χ0v) is 11.4. The number of nitrogens with one attached hydrogen (secondary N) is 1. The summed E-state index contributed by atoms with van der Waals surface area (Å²) in [5.41, 5.74) is 10.3. The Morgan fingerprint density at radius 1 is 1.47 bits per heavy atom. The van der Waals surface area contributed by atoms with Gasteiger partial charge in [-0.05, 0) is 31.0 Å². The first-order valence-electron chi connectivity index (χ1n) is 6.69. The highest BCUT2D eigenvalue weighted by Gasteiger charge is 2.23. The van der Waals surface area contributed by atoms with Crippen molar-refractivity contribution < 1.29 is 4.74 Å². The lowest BCUT2D eigenvalue weighted by molar-refractivity contribution is 0.410. The second-order valence-electron chi connectivity index (χ2n) is 5.12. The van der Waals surface area contributed by atoms with Gasteiger partial charge in [-0.1, -0.05) is 6.92 Å². The first-order valence-corrected chi connectivity index (χ1v) is 6.69. The van der Waals surface area contributed by atoms with E-state index in [1.54, 1.807) is 7.11 Å². The van der Waals surface area contributed by atoms with Crippen LogP contribution in [0.25, 0.3) is 11.4 Å². The molecule has 1 aromatic carbocycles. The average molecular weight is 257 g/mol. The molecule has 0 amide bonds. The van der Waals surface area contributed by atoms with E-state index < -0.39 is 0 Å². The maximum atomic E-state index is 5.76. The molecule has 0 saturated carbocycles. The Labute approximate surface area is 113 Å². The summed E-state index contributed by atoms with van der Waals surface area (Å²) >= 11 is 0. The van der Waals surface area contributed by atoms with E-state index in [1.165, 1.54) is 17.8 Å². The number of fused-ring (bicyclic) bond motifs is 1. The lowest BCUT2D eigenvalue weighted by Crippen LogP contribution is -2.00. The maximum Gasteiger partial charge on any atom is 0.137 e. The van der Waals surface area contributed by atoms with Crippen molar-refractivity contribution in [3.8, 4) is 17.1 Å². The Hall–Kier alpha value is -1.81. The molecule has 0 bridgehead atoms. The van der Waals surface area contributed by atoms with Crippen LogP contribution in [0.3, 0.4) is 0 Å².